The molecule has 0 spiro atoms. The molecule has 2 aromatic carbocycles. The molecule has 2 rings (SSSR count). The SMILES string of the molecule is CCOC(=O)CCN(Cc1ccccc1)C(=S)NC(=O)c1ccc(F)cc1. The van der Waals surface area contributed by atoms with E-state index in [0.29, 0.717) is 25.3 Å². The fourth-order valence-electron chi connectivity index (χ4n) is 2.37. The summed E-state index contributed by atoms with van der Waals surface area (Å²) in [7, 11) is 0. The van der Waals surface area contributed by atoms with Gasteiger partial charge >= 0.3 is 5.97 Å². The van der Waals surface area contributed by atoms with Gasteiger partial charge in [-0.25, -0.2) is 4.39 Å². The second-order valence-corrected chi connectivity index (χ2v) is 6.12. The lowest BCUT2D eigenvalue weighted by molar-refractivity contribution is -0.143. The predicted molar refractivity (Wildman–Crippen MR) is 105 cm³/mol. The van der Waals surface area contributed by atoms with Crippen molar-refractivity contribution in [1.82, 2.24) is 10.2 Å². The van der Waals surface area contributed by atoms with Crippen molar-refractivity contribution in [2.45, 2.75) is 19.9 Å². The molecule has 0 unspecified atom stereocenters. The van der Waals surface area contributed by atoms with Gasteiger partial charge in [0, 0.05) is 18.7 Å². The second-order valence-electron chi connectivity index (χ2n) is 5.73. The normalized spacial score (nSPS) is 10.1. The Hall–Kier alpha value is -2.80. The van der Waals surface area contributed by atoms with Gasteiger partial charge in [0.1, 0.15) is 5.82 Å². The summed E-state index contributed by atoms with van der Waals surface area (Å²) in [6.07, 6.45) is 0.146. The summed E-state index contributed by atoms with van der Waals surface area (Å²) in [5.74, 6) is -1.19. The van der Waals surface area contributed by atoms with Crippen LogP contribution < -0.4 is 5.32 Å². The van der Waals surface area contributed by atoms with E-state index in [1.165, 1.54) is 24.3 Å². The topological polar surface area (TPSA) is 58.6 Å². The minimum absolute atomic E-state index is 0.146. The quantitative estimate of drug-likeness (QED) is 0.583. The highest BCUT2D eigenvalue weighted by Crippen LogP contribution is 2.08. The number of halogens is 1. The lowest BCUT2D eigenvalue weighted by Crippen LogP contribution is -2.43. The smallest absolute Gasteiger partial charge is 0.307 e. The number of nitrogens with one attached hydrogen (secondary N) is 1. The zero-order valence-corrected chi connectivity index (χ0v) is 15.8. The molecule has 0 aliphatic heterocycles. The average molecular weight is 388 g/mol. The van der Waals surface area contributed by atoms with E-state index in [9.17, 15) is 14.0 Å². The molecule has 0 bridgehead atoms. The van der Waals surface area contributed by atoms with Crippen molar-refractivity contribution in [3.8, 4) is 0 Å². The van der Waals surface area contributed by atoms with E-state index in [-0.39, 0.29) is 17.5 Å². The molecule has 2 aromatic rings. The van der Waals surface area contributed by atoms with Crippen LogP contribution in [0.25, 0.3) is 0 Å². The number of nitrogens with zero attached hydrogens (tertiary/aromatic N) is 1. The molecule has 0 heterocycles. The number of carbonyl (C=O) groups excluding carboxylic acids is 2. The first-order valence-corrected chi connectivity index (χ1v) is 8.95. The molecule has 0 aliphatic carbocycles. The number of thiocarbonyl (C=S) groups is 1. The maximum atomic E-state index is 13.0. The Morgan fingerprint density at radius 3 is 2.41 bits per heavy atom. The maximum absolute atomic E-state index is 13.0. The molecule has 0 atom stereocenters. The van der Waals surface area contributed by atoms with Crippen molar-refractivity contribution in [3.63, 3.8) is 0 Å². The first-order valence-electron chi connectivity index (χ1n) is 8.55. The zero-order chi connectivity index (χ0) is 19.6. The summed E-state index contributed by atoms with van der Waals surface area (Å²) in [5, 5.41) is 2.83. The summed E-state index contributed by atoms with van der Waals surface area (Å²) in [4.78, 5) is 25.7. The molecule has 5 nitrogen and oxygen atoms in total. The van der Waals surface area contributed by atoms with Crippen molar-refractivity contribution in [1.29, 1.82) is 0 Å². The molecular weight excluding hydrogens is 367 g/mol. The van der Waals surface area contributed by atoms with Gasteiger partial charge in [-0.2, -0.15) is 0 Å². The summed E-state index contributed by atoms with van der Waals surface area (Å²) >= 11 is 5.36. The number of hydrogen-bond donors (Lipinski definition) is 1. The fraction of sp³-hybridized carbons (Fsp3) is 0.250. The van der Waals surface area contributed by atoms with Crippen LogP contribution in [0, 0.1) is 5.82 Å². The number of amides is 1. The van der Waals surface area contributed by atoms with Crippen molar-refractivity contribution in [2.24, 2.45) is 0 Å². The standard InChI is InChI=1S/C20H21FN2O3S/c1-2-26-18(24)12-13-23(14-15-6-4-3-5-7-15)20(27)22-19(25)16-8-10-17(21)11-9-16/h3-11H,2,12-14H2,1H3,(H,22,25,27). The number of hydrogen-bond acceptors (Lipinski definition) is 4. The molecule has 0 saturated carbocycles. The van der Waals surface area contributed by atoms with Gasteiger partial charge in [-0.3, -0.25) is 14.9 Å². The van der Waals surface area contributed by atoms with Crippen LogP contribution in [0.15, 0.2) is 54.6 Å². The van der Waals surface area contributed by atoms with Gasteiger partial charge in [-0.15, -0.1) is 0 Å². The number of benzene rings is 2. The van der Waals surface area contributed by atoms with Crippen LogP contribution >= 0.6 is 12.2 Å². The summed E-state index contributed by atoms with van der Waals surface area (Å²) < 4.78 is 18.0. The van der Waals surface area contributed by atoms with E-state index in [0.717, 1.165) is 5.56 Å². The molecule has 7 heteroatoms. The van der Waals surface area contributed by atoms with Crippen molar-refractivity contribution >= 4 is 29.2 Å². The van der Waals surface area contributed by atoms with Crippen LogP contribution in [-0.4, -0.2) is 35.0 Å². The molecule has 1 amide bonds. The van der Waals surface area contributed by atoms with E-state index >= 15 is 0 Å². The Kier molecular flexibility index (Phi) is 7.88. The Morgan fingerprint density at radius 1 is 1.11 bits per heavy atom. The minimum Gasteiger partial charge on any atom is -0.466 e. The largest absolute Gasteiger partial charge is 0.466 e. The van der Waals surface area contributed by atoms with Gasteiger partial charge in [0.25, 0.3) is 5.91 Å². The van der Waals surface area contributed by atoms with Gasteiger partial charge in [-0.05, 0) is 49.0 Å². The van der Waals surface area contributed by atoms with Crippen LogP contribution in [0.2, 0.25) is 0 Å². The molecule has 27 heavy (non-hydrogen) atoms. The van der Waals surface area contributed by atoms with E-state index in [1.54, 1.807) is 11.8 Å². The Bertz CT molecular complexity index is 782. The molecule has 0 radical (unpaired) electrons. The van der Waals surface area contributed by atoms with Crippen molar-refractivity contribution in [2.75, 3.05) is 13.2 Å². The third-order valence-electron chi connectivity index (χ3n) is 3.72. The average Bonchev–Trinajstić information content (AvgIpc) is 2.66. The molecule has 142 valence electrons. The van der Waals surface area contributed by atoms with Crippen LogP contribution in [0.3, 0.4) is 0 Å². The second kappa shape index (κ2) is 10.4. The van der Waals surface area contributed by atoms with Crippen LogP contribution in [0.5, 0.6) is 0 Å². The number of esters is 1. The number of rotatable bonds is 7. The molecular formula is C20H21FN2O3S. The maximum Gasteiger partial charge on any atom is 0.307 e. The highest BCUT2D eigenvalue weighted by atomic mass is 32.1. The highest BCUT2D eigenvalue weighted by molar-refractivity contribution is 7.80. The lowest BCUT2D eigenvalue weighted by Gasteiger charge is -2.25. The van der Waals surface area contributed by atoms with Crippen LogP contribution in [-0.2, 0) is 16.1 Å². The molecule has 0 aromatic heterocycles. The highest BCUT2D eigenvalue weighted by Gasteiger charge is 2.16. The predicted octanol–water partition coefficient (Wildman–Crippen LogP) is 3.30. The zero-order valence-electron chi connectivity index (χ0n) is 15.0. The van der Waals surface area contributed by atoms with Gasteiger partial charge < -0.3 is 9.64 Å². The van der Waals surface area contributed by atoms with E-state index in [1.807, 2.05) is 30.3 Å². The summed E-state index contributed by atoms with van der Waals surface area (Å²) in [5.41, 5.74) is 1.28. The van der Waals surface area contributed by atoms with Gasteiger partial charge in [0.2, 0.25) is 0 Å². The van der Waals surface area contributed by atoms with E-state index in [4.69, 9.17) is 17.0 Å². The lowest BCUT2D eigenvalue weighted by atomic mass is 10.2. The van der Waals surface area contributed by atoms with Gasteiger partial charge in [-0.1, -0.05) is 30.3 Å². The summed E-state index contributed by atoms with van der Waals surface area (Å²) in [6.45, 7) is 2.79. The van der Waals surface area contributed by atoms with E-state index in [2.05, 4.69) is 5.32 Å². The van der Waals surface area contributed by atoms with Gasteiger partial charge in [0.05, 0.1) is 13.0 Å². The Morgan fingerprint density at radius 2 is 1.78 bits per heavy atom. The first kappa shape index (κ1) is 20.5. The number of carbonyl (C=O) groups is 2. The van der Waals surface area contributed by atoms with Crippen molar-refractivity contribution in [3.05, 3.63) is 71.5 Å². The number of ether oxygens (including phenoxy) is 1. The molecule has 0 aliphatic rings. The van der Waals surface area contributed by atoms with Crippen LogP contribution in [0.4, 0.5) is 4.39 Å². The fourth-order valence-corrected chi connectivity index (χ4v) is 2.61. The Balaban J connectivity index is 2.05. The molecule has 1 N–H and O–H groups in total. The molecule has 0 saturated heterocycles. The van der Waals surface area contributed by atoms with Crippen LogP contribution in [0.1, 0.15) is 29.3 Å². The Labute approximate surface area is 163 Å². The minimum atomic E-state index is -0.436. The monoisotopic (exact) mass is 388 g/mol. The first-order chi connectivity index (χ1) is 13.0. The summed E-state index contributed by atoms with van der Waals surface area (Å²) in [6, 6.07) is 14.8. The van der Waals surface area contributed by atoms with E-state index < -0.39 is 11.7 Å². The molecule has 0 fully saturated rings. The third kappa shape index (κ3) is 6.79. The van der Waals surface area contributed by atoms with Gasteiger partial charge in [0.15, 0.2) is 5.11 Å². The third-order valence-corrected chi connectivity index (χ3v) is 4.08. The van der Waals surface area contributed by atoms with Crippen molar-refractivity contribution < 1.29 is 18.7 Å².